The molecule has 0 unspecified atom stereocenters. The predicted molar refractivity (Wildman–Crippen MR) is 99.5 cm³/mol. The summed E-state index contributed by atoms with van der Waals surface area (Å²) in [5, 5.41) is 4.73. The number of nitrogens with zero attached hydrogens (tertiary/aromatic N) is 3. The maximum absolute atomic E-state index is 5.97. The molecule has 7 heteroatoms. The van der Waals surface area contributed by atoms with Gasteiger partial charge in [-0.3, -0.25) is 4.90 Å². The first-order chi connectivity index (χ1) is 12.2. The average Bonchev–Trinajstić information content (AvgIpc) is 3.31. The monoisotopic (exact) mass is 372 g/mol. The van der Waals surface area contributed by atoms with Gasteiger partial charge in [0.25, 0.3) is 5.19 Å². The van der Waals surface area contributed by atoms with Crippen LogP contribution in [0, 0.1) is 0 Å². The molecule has 3 aromatic rings. The van der Waals surface area contributed by atoms with Crippen LogP contribution in [0.4, 0.5) is 0 Å². The fourth-order valence-corrected chi connectivity index (χ4v) is 4.71. The lowest BCUT2D eigenvalue weighted by Crippen LogP contribution is -2.42. The van der Waals surface area contributed by atoms with E-state index in [0.29, 0.717) is 27.9 Å². The second kappa shape index (κ2) is 6.21. The Balaban J connectivity index is 1.28. The third-order valence-electron chi connectivity index (χ3n) is 4.88. The van der Waals surface area contributed by atoms with Gasteiger partial charge in [0.05, 0.1) is 9.72 Å². The van der Waals surface area contributed by atoms with E-state index in [-0.39, 0.29) is 0 Å². The normalized spacial score (nSPS) is 22.8. The highest BCUT2D eigenvalue weighted by molar-refractivity contribution is 7.20. The molecule has 2 aliphatic rings. The Morgan fingerprint density at radius 2 is 2.20 bits per heavy atom. The molecule has 0 saturated carbocycles. The molecule has 0 radical (unpaired) electrons. The summed E-state index contributed by atoms with van der Waals surface area (Å²) in [5.74, 6) is 0.790. The van der Waals surface area contributed by atoms with Crippen LogP contribution in [0.5, 0.6) is 10.9 Å². The molecule has 2 saturated heterocycles. The first-order valence-corrected chi connectivity index (χ1v) is 9.59. The zero-order valence-electron chi connectivity index (χ0n) is 13.5. The molecule has 0 spiro atoms. The summed E-state index contributed by atoms with van der Waals surface area (Å²) >= 11 is 7.42. The van der Waals surface area contributed by atoms with Crippen LogP contribution < -0.4 is 10.1 Å². The third kappa shape index (κ3) is 3.11. The highest BCUT2D eigenvalue weighted by Gasteiger charge is 2.37. The lowest BCUT2D eigenvalue weighted by atomic mass is 10.2. The molecule has 0 aliphatic carbocycles. The van der Waals surface area contributed by atoms with E-state index in [1.54, 1.807) is 6.20 Å². The number of nitrogens with one attached hydrogen (secondary N) is 1. The zero-order chi connectivity index (χ0) is 16.8. The van der Waals surface area contributed by atoms with E-state index in [0.717, 1.165) is 30.1 Å². The predicted octanol–water partition coefficient (Wildman–Crippen LogP) is 3.68. The van der Waals surface area contributed by atoms with Crippen molar-refractivity contribution in [1.82, 2.24) is 20.2 Å². The van der Waals surface area contributed by atoms with Gasteiger partial charge in [-0.1, -0.05) is 35.1 Å². The van der Waals surface area contributed by atoms with Crippen LogP contribution in [0.15, 0.2) is 36.5 Å². The summed E-state index contributed by atoms with van der Waals surface area (Å²) in [4.78, 5) is 11.2. The van der Waals surface area contributed by atoms with Crippen LogP contribution in [0.3, 0.4) is 0 Å². The van der Waals surface area contributed by atoms with Crippen LogP contribution in [-0.2, 0) is 6.54 Å². The Kier molecular flexibility index (Phi) is 3.86. The van der Waals surface area contributed by atoms with Crippen molar-refractivity contribution >= 4 is 33.3 Å². The highest BCUT2D eigenvalue weighted by atomic mass is 35.5. The molecule has 5 rings (SSSR count). The molecule has 2 bridgehead atoms. The molecule has 1 N–H and O–H groups in total. The number of likely N-dealkylation sites (tertiary alicyclic amines) is 1. The average molecular weight is 373 g/mol. The minimum atomic E-state index is 0.584. The van der Waals surface area contributed by atoms with Gasteiger partial charge >= 0.3 is 0 Å². The number of ether oxygens (including phenoxy) is 1. The minimum absolute atomic E-state index is 0.584. The molecule has 25 heavy (non-hydrogen) atoms. The Morgan fingerprint density at radius 1 is 1.32 bits per heavy atom. The Morgan fingerprint density at radius 3 is 2.96 bits per heavy atom. The standard InChI is InChI=1S/C18H17ClN4OS/c19-12-5-16-17(21-7-12)22-18(25-16)24-15-3-1-11(2-4-15)9-23-10-13-6-14(23)8-20-13/h1-5,7,13-14,20H,6,8-10H2/t13-,14-/m1/s1. The van der Waals surface area contributed by atoms with Gasteiger partial charge in [-0.2, -0.15) is 4.98 Å². The molecule has 4 heterocycles. The van der Waals surface area contributed by atoms with Gasteiger partial charge < -0.3 is 10.1 Å². The van der Waals surface area contributed by atoms with E-state index < -0.39 is 0 Å². The number of hydrogen-bond donors (Lipinski definition) is 1. The van der Waals surface area contributed by atoms with Crippen LogP contribution in [-0.4, -0.2) is 40.0 Å². The third-order valence-corrected chi connectivity index (χ3v) is 5.95. The zero-order valence-corrected chi connectivity index (χ0v) is 15.1. The molecule has 2 atom stereocenters. The summed E-state index contributed by atoms with van der Waals surface area (Å²) in [7, 11) is 0. The van der Waals surface area contributed by atoms with Crippen molar-refractivity contribution in [1.29, 1.82) is 0 Å². The number of rotatable bonds is 4. The van der Waals surface area contributed by atoms with Gasteiger partial charge in [0.15, 0.2) is 5.65 Å². The molecule has 2 aliphatic heterocycles. The van der Waals surface area contributed by atoms with E-state index in [1.165, 1.54) is 23.3 Å². The van der Waals surface area contributed by atoms with Crippen molar-refractivity contribution < 1.29 is 4.74 Å². The van der Waals surface area contributed by atoms with Gasteiger partial charge in [0.2, 0.25) is 0 Å². The summed E-state index contributed by atoms with van der Waals surface area (Å²) in [5.41, 5.74) is 1.98. The number of halogens is 1. The van der Waals surface area contributed by atoms with Crippen LogP contribution in [0.25, 0.3) is 10.3 Å². The second-order valence-corrected chi connectivity index (χ2v) is 8.05. The quantitative estimate of drug-likeness (QED) is 0.757. The second-order valence-electron chi connectivity index (χ2n) is 6.63. The first kappa shape index (κ1) is 15.5. The van der Waals surface area contributed by atoms with Gasteiger partial charge in [-0.25, -0.2) is 4.98 Å². The molecule has 2 fully saturated rings. The van der Waals surface area contributed by atoms with Crippen LogP contribution >= 0.6 is 22.9 Å². The summed E-state index contributed by atoms with van der Waals surface area (Å²) in [6.07, 6.45) is 2.89. The van der Waals surface area contributed by atoms with E-state index in [9.17, 15) is 0 Å². The highest BCUT2D eigenvalue weighted by Crippen LogP contribution is 2.32. The number of aromatic nitrogens is 2. The largest absolute Gasteiger partial charge is 0.431 e. The fourth-order valence-electron chi connectivity index (χ4n) is 3.66. The number of fused-ring (bicyclic) bond motifs is 3. The van der Waals surface area contributed by atoms with Gasteiger partial charge in [0, 0.05) is 37.9 Å². The van der Waals surface area contributed by atoms with Gasteiger partial charge in [0.1, 0.15) is 5.75 Å². The Bertz CT molecular complexity index is 913. The Hall–Kier alpha value is -1.73. The van der Waals surface area contributed by atoms with Crippen LogP contribution in [0.2, 0.25) is 5.02 Å². The van der Waals surface area contributed by atoms with E-state index in [4.69, 9.17) is 16.3 Å². The van der Waals surface area contributed by atoms with Crippen molar-refractivity contribution in [3.05, 3.63) is 47.1 Å². The molecule has 1 aromatic carbocycles. The Labute approximate surface area is 154 Å². The number of pyridine rings is 1. The topological polar surface area (TPSA) is 50.3 Å². The number of benzene rings is 1. The number of thiazole rings is 1. The SMILES string of the molecule is Clc1cnc2nc(Oc3ccc(CN4C[C@H]5C[C@@H]4CN5)cc3)sc2c1. The maximum Gasteiger partial charge on any atom is 0.281 e. The number of piperazine rings is 1. The van der Waals surface area contributed by atoms with E-state index in [1.807, 2.05) is 18.2 Å². The number of hydrogen-bond acceptors (Lipinski definition) is 6. The van der Waals surface area contributed by atoms with Crippen molar-refractivity contribution in [2.45, 2.75) is 25.0 Å². The molecule has 0 amide bonds. The lowest BCUT2D eigenvalue weighted by Gasteiger charge is -2.27. The van der Waals surface area contributed by atoms with E-state index in [2.05, 4.69) is 32.3 Å². The molecule has 5 nitrogen and oxygen atoms in total. The summed E-state index contributed by atoms with van der Waals surface area (Å²) < 4.78 is 6.81. The fraction of sp³-hybridized carbons (Fsp3) is 0.333. The minimum Gasteiger partial charge on any atom is -0.431 e. The van der Waals surface area contributed by atoms with Gasteiger partial charge in [-0.05, 0) is 30.2 Å². The first-order valence-electron chi connectivity index (χ1n) is 8.39. The van der Waals surface area contributed by atoms with Crippen LogP contribution in [0.1, 0.15) is 12.0 Å². The molecular formula is C18H17ClN4OS. The summed E-state index contributed by atoms with van der Waals surface area (Å²) in [6.45, 7) is 3.29. The smallest absolute Gasteiger partial charge is 0.281 e. The van der Waals surface area contributed by atoms with Gasteiger partial charge in [-0.15, -0.1) is 0 Å². The van der Waals surface area contributed by atoms with Crippen molar-refractivity contribution in [3.8, 4) is 10.9 Å². The molecule has 128 valence electrons. The van der Waals surface area contributed by atoms with Crippen molar-refractivity contribution in [2.75, 3.05) is 13.1 Å². The van der Waals surface area contributed by atoms with Crippen molar-refractivity contribution in [2.24, 2.45) is 0 Å². The summed E-state index contributed by atoms with van der Waals surface area (Å²) in [6, 6.07) is 11.5. The lowest BCUT2D eigenvalue weighted by molar-refractivity contribution is 0.218. The molecule has 2 aromatic heterocycles. The van der Waals surface area contributed by atoms with Crippen molar-refractivity contribution in [3.63, 3.8) is 0 Å². The molecular weight excluding hydrogens is 356 g/mol. The van der Waals surface area contributed by atoms with E-state index >= 15 is 0 Å². The maximum atomic E-state index is 5.97.